The van der Waals surface area contributed by atoms with Gasteiger partial charge in [-0.2, -0.15) is 0 Å². The summed E-state index contributed by atoms with van der Waals surface area (Å²) in [5.74, 6) is -0.753. The molecule has 7 heteroatoms. The van der Waals surface area contributed by atoms with E-state index in [9.17, 15) is 12.8 Å². The average Bonchev–Trinajstić information content (AvgIpc) is 2.97. The number of benzene rings is 1. The molecule has 0 aliphatic heterocycles. The van der Waals surface area contributed by atoms with Gasteiger partial charge in [0.25, 0.3) is 0 Å². The van der Waals surface area contributed by atoms with Crippen LogP contribution in [0.25, 0.3) is 0 Å². The van der Waals surface area contributed by atoms with Crippen LogP contribution in [0.5, 0.6) is 0 Å². The summed E-state index contributed by atoms with van der Waals surface area (Å²) in [5.41, 5.74) is -0.432. The summed E-state index contributed by atoms with van der Waals surface area (Å²) in [6, 6.07) is 3.90. The molecule has 1 fully saturated rings. The third-order valence-electron chi connectivity index (χ3n) is 2.64. The number of sulfonamides is 1. The van der Waals surface area contributed by atoms with Crippen molar-refractivity contribution < 1.29 is 12.8 Å². The quantitative estimate of drug-likeness (QED) is 0.808. The molecule has 3 nitrogen and oxygen atoms in total. The van der Waals surface area contributed by atoms with Crippen molar-refractivity contribution in [2.45, 2.75) is 23.3 Å². The van der Waals surface area contributed by atoms with Crippen LogP contribution in [0.15, 0.2) is 27.6 Å². The third-order valence-corrected chi connectivity index (χ3v) is 5.82. The monoisotopic (exact) mass is 385 g/mol. The first kappa shape index (κ1) is 13.5. The van der Waals surface area contributed by atoms with Gasteiger partial charge < -0.3 is 0 Å². The van der Waals surface area contributed by atoms with E-state index in [1.165, 1.54) is 12.1 Å². The first-order valence-corrected chi connectivity index (χ1v) is 8.33. The summed E-state index contributed by atoms with van der Waals surface area (Å²) in [5, 5.41) is 0.539. The molecule has 1 saturated carbocycles. The fraction of sp³-hybridized carbons (Fsp3) is 0.400. The first-order chi connectivity index (χ1) is 7.88. The molecule has 1 aromatic carbocycles. The van der Waals surface area contributed by atoms with Crippen LogP contribution in [0.2, 0.25) is 0 Å². The molecule has 1 aliphatic carbocycles. The first-order valence-electron chi connectivity index (χ1n) is 4.94. The molecule has 0 radical (unpaired) electrons. The topological polar surface area (TPSA) is 46.2 Å². The van der Waals surface area contributed by atoms with Gasteiger partial charge in [-0.1, -0.05) is 31.9 Å². The summed E-state index contributed by atoms with van der Waals surface area (Å²) < 4.78 is 40.6. The fourth-order valence-corrected chi connectivity index (χ4v) is 4.19. The normalized spacial score (nSPS) is 18.1. The minimum absolute atomic E-state index is 0.312. The van der Waals surface area contributed by atoms with Gasteiger partial charge >= 0.3 is 0 Å². The van der Waals surface area contributed by atoms with Crippen molar-refractivity contribution in [2.75, 3.05) is 5.33 Å². The molecular weight excluding hydrogens is 377 g/mol. The lowest BCUT2D eigenvalue weighted by Crippen LogP contribution is -2.38. The van der Waals surface area contributed by atoms with E-state index < -0.39 is 21.4 Å². The Morgan fingerprint density at radius 2 is 2.06 bits per heavy atom. The van der Waals surface area contributed by atoms with Crippen LogP contribution in [-0.4, -0.2) is 19.3 Å². The second kappa shape index (κ2) is 4.60. The highest BCUT2D eigenvalue weighted by Crippen LogP contribution is 2.38. The van der Waals surface area contributed by atoms with E-state index in [0.29, 0.717) is 9.80 Å². The van der Waals surface area contributed by atoms with E-state index in [2.05, 4.69) is 36.6 Å². The van der Waals surface area contributed by atoms with E-state index in [4.69, 9.17) is 0 Å². The Bertz CT molecular complexity index is 543. The van der Waals surface area contributed by atoms with Crippen molar-refractivity contribution in [3.05, 3.63) is 28.5 Å². The molecule has 0 amide bonds. The summed E-state index contributed by atoms with van der Waals surface area (Å²) in [6.07, 6.45) is 1.55. The molecule has 2 rings (SSSR count). The van der Waals surface area contributed by atoms with Gasteiger partial charge in [0.1, 0.15) is 10.7 Å². The number of halogens is 3. The lowest BCUT2D eigenvalue weighted by molar-refractivity contribution is 0.542. The molecule has 0 spiro atoms. The number of rotatable bonds is 4. The molecule has 0 heterocycles. The Kier molecular flexibility index (Phi) is 3.64. The average molecular weight is 387 g/mol. The van der Waals surface area contributed by atoms with Crippen molar-refractivity contribution in [1.29, 1.82) is 0 Å². The van der Waals surface area contributed by atoms with Gasteiger partial charge in [-0.25, -0.2) is 17.5 Å². The predicted molar refractivity (Wildman–Crippen MR) is 70.2 cm³/mol. The van der Waals surface area contributed by atoms with E-state index in [1.807, 2.05) is 0 Å². The van der Waals surface area contributed by atoms with Crippen LogP contribution in [0.1, 0.15) is 12.8 Å². The van der Waals surface area contributed by atoms with Gasteiger partial charge in [0.05, 0.1) is 0 Å². The van der Waals surface area contributed by atoms with Crippen molar-refractivity contribution in [3.63, 3.8) is 0 Å². The SMILES string of the molecule is O=S(=O)(NC1(CBr)CC1)c1ccc(Br)cc1F. The maximum atomic E-state index is 13.6. The summed E-state index contributed by atoms with van der Waals surface area (Å²) >= 11 is 6.35. The molecule has 1 N–H and O–H groups in total. The number of nitrogens with one attached hydrogen (secondary N) is 1. The molecule has 1 aliphatic rings. The van der Waals surface area contributed by atoms with Gasteiger partial charge in [-0.05, 0) is 31.0 Å². The highest BCUT2D eigenvalue weighted by molar-refractivity contribution is 9.10. The number of alkyl halides is 1. The van der Waals surface area contributed by atoms with Crippen molar-refractivity contribution in [1.82, 2.24) is 4.72 Å². The van der Waals surface area contributed by atoms with Crippen LogP contribution >= 0.6 is 31.9 Å². The van der Waals surface area contributed by atoms with E-state index in [0.717, 1.165) is 18.9 Å². The van der Waals surface area contributed by atoms with Crippen molar-refractivity contribution >= 4 is 41.9 Å². The highest BCUT2D eigenvalue weighted by atomic mass is 79.9. The van der Waals surface area contributed by atoms with Gasteiger partial charge in [0.15, 0.2) is 0 Å². The molecule has 0 aromatic heterocycles. The zero-order valence-corrected chi connectivity index (χ0v) is 12.7. The molecular formula is C10H10Br2FNO2S. The predicted octanol–water partition coefficient (Wildman–Crippen LogP) is 2.79. The van der Waals surface area contributed by atoms with Gasteiger partial charge in [0.2, 0.25) is 10.0 Å². The van der Waals surface area contributed by atoms with Crippen molar-refractivity contribution in [3.8, 4) is 0 Å². The number of hydrogen-bond donors (Lipinski definition) is 1. The molecule has 17 heavy (non-hydrogen) atoms. The van der Waals surface area contributed by atoms with Gasteiger partial charge in [-0.3, -0.25) is 0 Å². The maximum absolute atomic E-state index is 13.6. The van der Waals surface area contributed by atoms with Crippen LogP contribution in [0.3, 0.4) is 0 Å². The zero-order valence-electron chi connectivity index (χ0n) is 8.71. The molecule has 1 aromatic rings. The van der Waals surface area contributed by atoms with E-state index >= 15 is 0 Å². The number of hydrogen-bond acceptors (Lipinski definition) is 2. The summed E-state index contributed by atoms with van der Waals surface area (Å²) in [6.45, 7) is 0. The van der Waals surface area contributed by atoms with Crippen molar-refractivity contribution in [2.24, 2.45) is 0 Å². The standard InChI is InChI=1S/C10H10Br2FNO2S/c11-6-10(3-4-10)14-17(15,16)9-2-1-7(12)5-8(9)13/h1-2,5,14H,3-4,6H2. The Morgan fingerprint density at radius 3 is 2.53 bits per heavy atom. The summed E-state index contributed by atoms with van der Waals surface area (Å²) in [7, 11) is -3.79. The molecule has 0 unspecified atom stereocenters. The van der Waals surface area contributed by atoms with E-state index in [1.54, 1.807) is 0 Å². The van der Waals surface area contributed by atoms with Gasteiger partial charge in [-0.15, -0.1) is 0 Å². The Morgan fingerprint density at radius 1 is 1.41 bits per heavy atom. The summed E-state index contributed by atoms with van der Waals surface area (Å²) in [4.78, 5) is -0.312. The lowest BCUT2D eigenvalue weighted by Gasteiger charge is -2.14. The smallest absolute Gasteiger partial charge is 0.207 e. The largest absolute Gasteiger partial charge is 0.244 e. The maximum Gasteiger partial charge on any atom is 0.244 e. The minimum atomic E-state index is -3.79. The Hall–Kier alpha value is 0.0200. The fourth-order valence-electron chi connectivity index (χ4n) is 1.45. The third kappa shape index (κ3) is 2.89. The second-order valence-corrected chi connectivity index (χ2v) is 7.22. The molecule has 0 saturated heterocycles. The zero-order chi connectivity index (χ0) is 12.7. The van der Waals surface area contributed by atoms with Crippen LogP contribution in [0.4, 0.5) is 4.39 Å². The lowest BCUT2D eigenvalue weighted by atomic mass is 10.3. The Balaban J connectivity index is 2.32. The van der Waals surface area contributed by atoms with Crippen LogP contribution < -0.4 is 4.72 Å². The highest BCUT2D eigenvalue weighted by Gasteiger charge is 2.45. The molecule has 0 bridgehead atoms. The van der Waals surface area contributed by atoms with Crippen LogP contribution in [0, 0.1) is 5.82 Å². The van der Waals surface area contributed by atoms with Crippen LogP contribution in [-0.2, 0) is 10.0 Å². The molecule has 94 valence electrons. The minimum Gasteiger partial charge on any atom is -0.207 e. The van der Waals surface area contributed by atoms with Gasteiger partial charge in [0, 0.05) is 15.3 Å². The van der Waals surface area contributed by atoms with E-state index in [-0.39, 0.29) is 4.90 Å². The second-order valence-electron chi connectivity index (χ2n) is 4.09. The molecule has 0 atom stereocenters. The Labute approximate surface area is 116 Å².